The molecule has 0 saturated heterocycles. The Morgan fingerprint density at radius 2 is 1.89 bits per heavy atom. The molecule has 0 fully saturated rings. The van der Waals surface area contributed by atoms with Gasteiger partial charge in [0.15, 0.2) is 0 Å². The van der Waals surface area contributed by atoms with Gasteiger partial charge in [-0.3, -0.25) is 9.59 Å². The van der Waals surface area contributed by atoms with Gasteiger partial charge in [0.1, 0.15) is 11.9 Å². The summed E-state index contributed by atoms with van der Waals surface area (Å²) in [5, 5.41) is 24.1. The molecule has 5 atom stereocenters. The molecule has 1 aromatic heterocycles. The number of allylic oxidation sites excluding steroid dienone is 1. The first kappa shape index (κ1) is 31.2. The molecule has 0 bridgehead atoms. The van der Waals surface area contributed by atoms with Crippen molar-refractivity contribution in [3.8, 4) is 0 Å². The first-order valence-electron chi connectivity index (χ1n) is 12.5. The van der Waals surface area contributed by atoms with E-state index < -0.39 is 59.9 Å². The number of aryl methyl sites for hydroxylation is 1. The van der Waals surface area contributed by atoms with Crippen LogP contribution in [0.1, 0.15) is 77.4 Å². The van der Waals surface area contributed by atoms with Crippen molar-refractivity contribution in [2.75, 3.05) is 0 Å². The SMILES string of the molecule is CC1=CCC(C(C)=Cc2csc(C)n2)OC(=O)CC(O)C(C)(C)C(=O)C(C)C(O)C(C(F)(F)F)CCC1. The number of esters is 1. The van der Waals surface area contributed by atoms with E-state index in [4.69, 9.17) is 4.74 Å². The average Bonchev–Trinajstić information content (AvgIpc) is 3.20. The number of carbonyl (C=O) groups is 2. The van der Waals surface area contributed by atoms with Crippen LogP contribution in [0, 0.1) is 24.2 Å². The highest BCUT2D eigenvalue weighted by Gasteiger charge is 2.49. The topological polar surface area (TPSA) is 96.7 Å². The first-order chi connectivity index (χ1) is 17.0. The number of rotatable bonds is 2. The molecule has 2 rings (SSSR count). The second-order valence-electron chi connectivity index (χ2n) is 10.6. The predicted octanol–water partition coefficient (Wildman–Crippen LogP) is 5.81. The van der Waals surface area contributed by atoms with Crippen LogP contribution in [-0.2, 0) is 14.3 Å². The van der Waals surface area contributed by atoms with Crippen molar-refractivity contribution in [1.82, 2.24) is 4.98 Å². The second kappa shape index (κ2) is 12.7. The van der Waals surface area contributed by atoms with E-state index in [9.17, 15) is 33.0 Å². The molecule has 1 aliphatic rings. The quantitative estimate of drug-likeness (QED) is 0.360. The Kier molecular flexibility index (Phi) is 10.7. The fraction of sp³-hybridized carbons (Fsp3) is 0.667. The average molecular weight is 546 g/mol. The van der Waals surface area contributed by atoms with E-state index in [1.54, 1.807) is 13.8 Å². The van der Waals surface area contributed by atoms with Crippen molar-refractivity contribution in [2.45, 2.75) is 98.1 Å². The van der Waals surface area contributed by atoms with Gasteiger partial charge in [-0.15, -0.1) is 11.3 Å². The molecule has 0 radical (unpaired) electrons. The molecule has 0 aliphatic carbocycles. The lowest BCUT2D eigenvalue weighted by molar-refractivity contribution is -0.209. The van der Waals surface area contributed by atoms with E-state index in [0.717, 1.165) is 21.8 Å². The van der Waals surface area contributed by atoms with E-state index >= 15 is 0 Å². The maximum absolute atomic E-state index is 13.8. The van der Waals surface area contributed by atoms with Gasteiger partial charge in [0, 0.05) is 17.7 Å². The molecule has 10 heteroatoms. The number of Topliss-reactive ketones (excluding diaryl/α,β-unsaturated/α-hetero) is 1. The van der Waals surface area contributed by atoms with Gasteiger partial charge in [0.05, 0.1) is 40.7 Å². The number of hydrogen-bond acceptors (Lipinski definition) is 7. The number of ether oxygens (including phenoxy) is 1. The third-order valence-corrected chi connectivity index (χ3v) is 7.94. The van der Waals surface area contributed by atoms with E-state index in [1.165, 1.54) is 32.1 Å². The number of aliphatic hydroxyl groups excluding tert-OH is 2. The molecule has 0 spiro atoms. The van der Waals surface area contributed by atoms with Crippen molar-refractivity contribution in [2.24, 2.45) is 17.3 Å². The van der Waals surface area contributed by atoms with Crippen molar-refractivity contribution in [3.05, 3.63) is 33.3 Å². The van der Waals surface area contributed by atoms with Gasteiger partial charge in [-0.1, -0.05) is 32.4 Å². The molecule has 1 aliphatic heterocycles. The van der Waals surface area contributed by atoms with Crippen LogP contribution in [0.2, 0.25) is 0 Å². The Labute approximate surface area is 220 Å². The van der Waals surface area contributed by atoms with Gasteiger partial charge in [-0.05, 0) is 51.7 Å². The molecule has 2 heterocycles. The molecular weight excluding hydrogens is 507 g/mol. The Morgan fingerprint density at radius 1 is 1.24 bits per heavy atom. The summed E-state index contributed by atoms with van der Waals surface area (Å²) in [7, 11) is 0. The number of cyclic esters (lactones) is 1. The van der Waals surface area contributed by atoms with Crippen LogP contribution < -0.4 is 0 Å². The lowest BCUT2D eigenvalue weighted by Crippen LogP contribution is -2.48. The van der Waals surface area contributed by atoms with Gasteiger partial charge in [0.2, 0.25) is 0 Å². The normalized spacial score (nSPS) is 29.5. The molecule has 0 aromatic carbocycles. The number of thiazole rings is 1. The zero-order valence-corrected chi connectivity index (χ0v) is 23.1. The molecule has 0 amide bonds. The van der Waals surface area contributed by atoms with E-state index in [2.05, 4.69) is 4.98 Å². The maximum Gasteiger partial charge on any atom is 0.394 e. The summed E-state index contributed by atoms with van der Waals surface area (Å²) in [6, 6.07) is 0. The van der Waals surface area contributed by atoms with E-state index in [-0.39, 0.29) is 12.8 Å². The Hall–Kier alpha value is -2.04. The van der Waals surface area contributed by atoms with Crippen LogP contribution in [0.3, 0.4) is 0 Å². The molecule has 6 nitrogen and oxygen atoms in total. The lowest BCUT2D eigenvalue weighted by Gasteiger charge is -2.35. The number of aromatic nitrogens is 1. The van der Waals surface area contributed by atoms with E-state index in [0.29, 0.717) is 12.8 Å². The molecule has 1 aromatic rings. The van der Waals surface area contributed by atoms with Crippen molar-refractivity contribution < 1.29 is 37.7 Å². The van der Waals surface area contributed by atoms with E-state index in [1.807, 2.05) is 24.5 Å². The van der Waals surface area contributed by atoms with Crippen LogP contribution in [0.15, 0.2) is 22.6 Å². The fourth-order valence-corrected chi connectivity index (χ4v) is 5.08. The Morgan fingerprint density at radius 3 is 2.46 bits per heavy atom. The lowest BCUT2D eigenvalue weighted by atomic mass is 9.72. The summed E-state index contributed by atoms with van der Waals surface area (Å²) in [6.45, 7) is 9.43. The minimum absolute atomic E-state index is 0.161. The van der Waals surface area contributed by atoms with Gasteiger partial charge < -0.3 is 14.9 Å². The maximum atomic E-state index is 13.8. The van der Waals surface area contributed by atoms with Gasteiger partial charge in [0.25, 0.3) is 0 Å². The highest BCUT2D eigenvalue weighted by molar-refractivity contribution is 7.09. The predicted molar refractivity (Wildman–Crippen MR) is 137 cm³/mol. The third kappa shape index (κ3) is 8.48. The van der Waals surface area contributed by atoms with Crippen molar-refractivity contribution in [3.63, 3.8) is 0 Å². The Balaban J connectivity index is 2.41. The molecule has 208 valence electrons. The highest BCUT2D eigenvalue weighted by atomic mass is 32.1. The van der Waals surface area contributed by atoms with Gasteiger partial charge in [-0.2, -0.15) is 13.2 Å². The number of aliphatic hydroxyl groups is 2. The number of halogens is 3. The standard InChI is InChI=1S/C27H38F3NO5S/c1-15-8-7-9-20(27(28,29)30)24(34)17(3)25(35)26(5,6)22(32)13-23(33)36-21(11-10-15)16(2)12-19-14-37-18(4)31-19/h10,12,14,17,20-22,24,32,34H,7-9,11,13H2,1-6H3. The zero-order chi connectivity index (χ0) is 28.1. The summed E-state index contributed by atoms with van der Waals surface area (Å²) in [5.41, 5.74) is 0.691. The summed E-state index contributed by atoms with van der Waals surface area (Å²) >= 11 is 1.48. The number of carbonyl (C=O) groups excluding carboxylic acids is 2. The highest BCUT2D eigenvalue weighted by Crippen LogP contribution is 2.39. The van der Waals surface area contributed by atoms with Gasteiger partial charge >= 0.3 is 12.1 Å². The zero-order valence-electron chi connectivity index (χ0n) is 22.3. The van der Waals surface area contributed by atoms with Crippen molar-refractivity contribution >= 4 is 29.2 Å². The molecular formula is C27H38F3NO5S. The molecule has 37 heavy (non-hydrogen) atoms. The largest absolute Gasteiger partial charge is 0.457 e. The summed E-state index contributed by atoms with van der Waals surface area (Å²) < 4.78 is 47.2. The number of nitrogens with zero attached hydrogens (tertiary/aromatic N) is 1. The minimum atomic E-state index is -4.69. The number of alkyl halides is 3. The smallest absolute Gasteiger partial charge is 0.394 e. The minimum Gasteiger partial charge on any atom is -0.457 e. The monoisotopic (exact) mass is 545 g/mol. The van der Waals surface area contributed by atoms with Crippen LogP contribution in [-0.4, -0.2) is 51.4 Å². The van der Waals surface area contributed by atoms with Crippen molar-refractivity contribution in [1.29, 1.82) is 0 Å². The molecule has 2 N–H and O–H groups in total. The fourth-order valence-electron chi connectivity index (χ4n) is 4.51. The summed E-state index contributed by atoms with van der Waals surface area (Å²) in [6.07, 6.45) is -5.24. The summed E-state index contributed by atoms with van der Waals surface area (Å²) in [4.78, 5) is 30.3. The molecule has 0 saturated carbocycles. The van der Waals surface area contributed by atoms with Crippen LogP contribution in [0.5, 0.6) is 0 Å². The number of ketones is 1. The molecule has 5 unspecified atom stereocenters. The third-order valence-electron chi connectivity index (χ3n) is 7.15. The number of hydrogen-bond donors (Lipinski definition) is 2. The summed E-state index contributed by atoms with van der Waals surface area (Å²) in [5.74, 6) is -4.95. The Bertz CT molecular complexity index is 1010. The second-order valence-corrected chi connectivity index (χ2v) is 11.6. The van der Waals surface area contributed by atoms with Crippen LogP contribution >= 0.6 is 11.3 Å². The van der Waals surface area contributed by atoms with Crippen LogP contribution in [0.4, 0.5) is 13.2 Å². The first-order valence-corrected chi connectivity index (χ1v) is 13.3. The van der Waals surface area contributed by atoms with Gasteiger partial charge in [-0.25, -0.2) is 4.98 Å². The van der Waals surface area contributed by atoms with Crippen LogP contribution in [0.25, 0.3) is 6.08 Å².